The van der Waals surface area contributed by atoms with Gasteiger partial charge in [0.1, 0.15) is 5.82 Å². The van der Waals surface area contributed by atoms with E-state index in [2.05, 4.69) is 5.32 Å². The number of ether oxygens (including phenoxy) is 1. The van der Waals surface area contributed by atoms with Gasteiger partial charge in [0, 0.05) is 17.3 Å². The molecule has 0 spiro atoms. The minimum Gasteiger partial charge on any atom is -0.478 e. The summed E-state index contributed by atoms with van der Waals surface area (Å²) >= 11 is 0. The van der Waals surface area contributed by atoms with Crippen molar-refractivity contribution >= 4 is 11.6 Å². The van der Waals surface area contributed by atoms with Gasteiger partial charge in [-0.3, -0.25) is 4.79 Å². The number of carbonyl (C=O) groups is 1. The number of hydrogen-bond donors (Lipinski definition) is 1. The number of hydrogen-bond acceptors (Lipinski definition) is 2. The second-order valence-electron chi connectivity index (χ2n) is 5.74. The molecule has 0 aromatic heterocycles. The highest BCUT2D eigenvalue weighted by Gasteiger charge is 2.18. The number of carbonyl (C=O) groups excluding carboxylic acids is 1. The van der Waals surface area contributed by atoms with Gasteiger partial charge in [0.05, 0.1) is 0 Å². The molecule has 0 saturated heterocycles. The van der Waals surface area contributed by atoms with E-state index in [1.54, 1.807) is 6.07 Å². The van der Waals surface area contributed by atoms with Gasteiger partial charge in [0.25, 0.3) is 5.91 Å². The molecule has 0 fully saturated rings. The van der Waals surface area contributed by atoms with Gasteiger partial charge in [-0.05, 0) is 30.7 Å². The fourth-order valence-electron chi connectivity index (χ4n) is 2.51. The summed E-state index contributed by atoms with van der Waals surface area (Å²) in [6.45, 7) is 1.50. The number of anilines is 1. The number of amides is 1. The number of benzene rings is 3. The van der Waals surface area contributed by atoms with E-state index in [9.17, 15) is 13.6 Å². The van der Waals surface area contributed by atoms with Crippen molar-refractivity contribution in [2.24, 2.45) is 0 Å². The Morgan fingerprint density at radius 3 is 2.38 bits per heavy atom. The molecule has 1 atom stereocenters. The molecule has 132 valence electrons. The van der Waals surface area contributed by atoms with E-state index < -0.39 is 23.6 Å². The second kappa shape index (κ2) is 7.78. The molecule has 3 rings (SSSR count). The molecule has 1 amide bonds. The number of para-hydroxylation sites is 1. The van der Waals surface area contributed by atoms with Crippen molar-refractivity contribution in [3.8, 4) is 16.9 Å². The standard InChI is InChI=1S/C21H17F2NO2/c1-14(26-20-12-11-16(22)13-18(20)23)21(25)24-19-10-6-5-9-17(19)15-7-3-2-4-8-15/h2-14H,1H3,(H,24,25). The van der Waals surface area contributed by atoms with E-state index in [-0.39, 0.29) is 5.75 Å². The van der Waals surface area contributed by atoms with E-state index in [1.165, 1.54) is 6.92 Å². The van der Waals surface area contributed by atoms with Crippen LogP contribution in [0, 0.1) is 11.6 Å². The molecule has 0 aliphatic rings. The fourth-order valence-corrected chi connectivity index (χ4v) is 2.51. The number of rotatable bonds is 5. The van der Waals surface area contributed by atoms with Crippen LogP contribution in [0.4, 0.5) is 14.5 Å². The third kappa shape index (κ3) is 4.06. The summed E-state index contributed by atoms with van der Waals surface area (Å²) in [5, 5.41) is 2.80. The van der Waals surface area contributed by atoms with Gasteiger partial charge in [-0.1, -0.05) is 48.5 Å². The van der Waals surface area contributed by atoms with Gasteiger partial charge in [-0.15, -0.1) is 0 Å². The molecule has 26 heavy (non-hydrogen) atoms. The van der Waals surface area contributed by atoms with Gasteiger partial charge in [0.2, 0.25) is 0 Å². The molecule has 3 aromatic rings. The third-order valence-corrected chi connectivity index (χ3v) is 3.84. The largest absolute Gasteiger partial charge is 0.478 e. The van der Waals surface area contributed by atoms with E-state index in [4.69, 9.17) is 4.74 Å². The quantitative estimate of drug-likeness (QED) is 0.698. The topological polar surface area (TPSA) is 38.3 Å². The smallest absolute Gasteiger partial charge is 0.265 e. The summed E-state index contributed by atoms with van der Waals surface area (Å²) in [6, 6.07) is 20.0. The first-order valence-corrected chi connectivity index (χ1v) is 8.11. The predicted molar refractivity (Wildman–Crippen MR) is 97.0 cm³/mol. The predicted octanol–water partition coefficient (Wildman–Crippen LogP) is 5.04. The first kappa shape index (κ1) is 17.6. The lowest BCUT2D eigenvalue weighted by Crippen LogP contribution is -2.30. The maximum Gasteiger partial charge on any atom is 0.265 e. The van der Waals surface area contributed by atoms with Crippen molar-refractivity contribution in [1.82, 2.24) is 0 Å². The normalized spacial score (nSPS) is 11.7. The first-order valence-electron chi connectivity index (χ1n) is 8.11. The lowest BCUT2D eigenvalue weighted by atomic mass is 10.0. The maximum atomic E-state index is 13.7. The van der Waals surface area contributed by atoms with E-state index in [0.717, 1.165) is 23.3 Å². The lowest BCUT2D eigenvalue weighted by molar-refractivity contribution is -0.122. The fraction of sp³-hybridized carbons (Fsp3) is 0.0952. The number of nitrogens with one attached hydrogen (secondary N) is 1. The Hall–Kier alpha value is -3.21. The minimum absolute atomic E-state index is 0.176. The van der Waals surface area contributed by atoms with Gasteiger partial charge in [0.15, 0.2) is 17.7 Å². The Morgan fingerprint density at radius 1 is 0.962 bits per heavy atom. The molecule has 3 nitrogen and oxygen atoms in total. The summed E-state index contributed by atoms with van der Waals surface area (Å²) in [5.74, 6) is -2.17. The van der Waals surface area contributed by atoms with Crippen molar-refractivity contribution in [3.05, 3.63) is 84.4 Å². The highest BCUT2D eigenvalue weighted by atomic mass is 19.1. The second-order valence-corrected chi connectivity index (χ2v) is 5.74. The summed E-state index contributed by atoms with van der Waals surface area (Å²) in [4.78, 5) is 12.4. The zero-order valence-electron chi connectivity index (χ0n) is 14.1. The summed E-state index contributed by atoms with van der Waals surface area (Å²) in [6.07, 6.45) is -0.959. The third-order valence-electron chi connectivity index (χ3n) is 3.84. The molecule has 5 heteroatoms. The SMILES string of the molecule is CC(Oc1ccc(F)cc1F)C(=O)Nc1ccccc1-c1ccccc1. The average Bonchev–Trinajstić information content (AvgIpc) is 2.65. The van der Waals surface area contributed by atoms with Crippen molar-refractivity contribution < 1.29 is 18.3 Å². The Morgan fingerprint density at radius 2 is 1.65 bits per heavy atom. The monoisotopic (exact) mass is 353 g/mol. The van der Waals surface area contributed by atoms with Crippen LogP contribution in [0.3, 0.4) is 0 Å². The molecule has 0 heterocycles. The Balaban J connectivity index is 1.76. The molecule has 0 radical (unpaired) electrons. The zero-order chi connectivity index (χ0) is 18.5. The summed E-state index contributed by atoms with van der Waals surface area (Å²) < 4.78 is 32.0. The Labute approximate surface area is 150 Å². The van der Waals surface area contributed by atoms with Gasteiger partial charge in [-0.2, -0.15) is 0 Å². The lowest BCUT2D eigenvalue weighted by Gasteiger charge is -2.17. The van der Waals surface area contributed by atoms with Crippen molar-refractivity contribution in [1.29, 1.82) is 0 Å². The van der Waals surface area contributed by atoms with Gasteiger partial charge < -0.3 is 10.1 Å². The van der Waals surface area contributed by atoms with Crippen LogP contribution < -0.4 is 10.1 Å². The van der Waals surface area contributed by atoms with Gasteiger partial charge >= 0.3 is 0 Å². The van der Waals surface area contributed by atoms with Crippen molar-refractivity contribution in [3.63, 3.8) is 0 Å². The molecular formula is C21H17F2NO2. The van der Waals surface area contributed by atoms with E-state index >= 15 is 0 Å². The average molecular weight is 353 g/mol. The van der Waals surface area contributed by atoms with Crippen LogP contribution in [0.2, 0.25) is 0 Å². The number of halogens is 2. The van der Waals surface area contributed by atoms with Crippen LogP contribution in [-0.2, 0) is 4.79 Å². The minimum atomic E-state index is -0.959. The Kier molecular flexibility index (Phi) is 5.27. The summed E-state index contributed by atoms with van der Waals surface area (Å²) in [7, 11) is 0. The molecule has 0 aliphatic heterocycles. The maximum absolute atomic E-state index is 13.7. The Bertz CT molecular complexity index is 913. The molecule has 3 aromatic carbocycles. The molecule has 0 saturated carbocycles. The van der Waals surface area contributed by atoms with Crippen LogP contribution in [0.1, 0.15) is 6.92 Å². The van der Waals surface area contributed by atoms with Crippen LogP contribution in [-0.4, -0.2) is 12.0 Å². The van der Waals surface area contributed by atoms with Crippen LogP contribution >= 0.6 is 0 Å². The molecule has 0 bridgehead atoms. The highest BCUT2D eigenvalue weighted by molar-refractivity contribution is 5.98. The molecular weight excluding hydrogens is 336 g/mol. The molecule has 1 unspecified atom stereocenters. The van der Waals surface area contributed by atoms with E-state index in [1.807, 2.05) is 48.5 Å². The first-order chi connectivity index (χ1) is 12.5. The van der Waals surface area contributed by atoms with Gasteiger partial charge in [-0.25, -0.2) is 8.78 Å². The highest BCUT2D eigenvalue weighted by Crippen LogP contribution is 2.28. The molecule has 0 aliphatic carbocycles. The zero-order valence-corrected chi connectivity index (χ0v) is 14.1. The summed E-state index contributed by atoms with van der Waals surface area (Å²) in [5.41, 5.74) is 2.45. The van der Waals surface area contributed by atoms with Crippen LogP contribution in [0.15, 0.2) is 72.8 Å². The van der Waals surface area contributed by atoms with Crippen LogP contribution in [0.5, 0.6) is 5.75 Å². The van der Waals surface area contributed by atoms with Crippen molar-refractivity contribution in [2.45, 2.75) is 13.0 Å². The van der Waals surface area contributed by atoms with Crippen molar-refractivity contribution in [2.75, 3.05) is 5.32 Å². The van der Waals surface area contributed by atoms with Crippen LogP contribution in [0.25, 0.3) is 11.1 Å². The van der Waals surface area contributed by atoms with E-state index in [0.29, 0.717) is 11.8 Å². The molecule has 1 N–H and O–H groups in total.